The van der Waals surface area contributed by atoms with Crippen LogP contribution in [0.1, 0.15) is 17.0 Å². The quantitative estimate of drug-likeness (QED) is 0.516. The van der Waals surface area contributed by atoms with E-state index in [0.29, 0.717) is 0 Å². The molecule has 126 valence electrons. The van der Waals surface area contributed by atoms with Crippen molar-refractivity contribution in [1.82, 2.24) is 0 Å². The first-order chi connectivity index (χ1) is 11.6. The van der Waals surface area contributed by atoms with Gasteiger partial charge in [-0.25, -0.2) is 0 Å². The van der Waals surface area contributed by atoms with Crippen LogP contribution in [0.15, 0.2) is 60.7 Å². The summed E-state index contributed by atoms with van der Waals surface area (Å²) in [4.78, 5) is 30.1. The van der Waals surface area contributed by atoms with Crippen LogP contribution in [-0.4, -0.2) is 23.4 Å². The molecule has 0 amide bonds. The van der Waals surface area contributed by atoms with E-state index < -0.39 is 16.1 Å². The van der Waals surface area contributed by atoms with Crippen LogP contribution in [0.25, 0.3) is 0 Å². The fraction of sp³-hybridized carbons (Fsp3) is 0.250. The number of hydrogen-bond acceptors (Lipinski definition) is 6. The molecular weight excluding hydrogens is 316 g/mol. The molecular formula is C16H16N2O6. The molecule has 0 fully saturated rings. The normalized spacial score (nSPS) is 10.6. The lowest BCUT2D eigenvalue weighted by atomic mass is 9.81. The summed E-state index contributed by atoms with van der Waals surface area (Å²) in [6, 6.07) is 18.5. The molecule has 0 aromatic heterocycles. The summed E-state index contributed by atoms with van der Waals surface area (Å²) < 4.78 is 0. The second kappa shape index (κ2) is 8.47. The zero-order chi connectivity index (χ0) is 17.4. The van der Waals surface area contributed by atoms with Gasteiger partial charge in [-0.2, -0.15) is 0 Å². The molecule has 0 atom stereocenters. The number of hydrogen-bond donors (Lipinski definition) is 0. The van der Waals surface area contributed by atoms with Crippen molar-refractivity contribution < 1.29 is 19.8 Å². The standard InChI is InChI=1S/C16H16N2O6/c19-17(20)23-11-15(12-24-18(21)22)16(13-7-3-1-4-8-13)14-9-5-2-6-10-14/h1-10,15-16H,11-12H2. The van der Waals surface area contributed by atoms with Crippen LogP contribution in [0.5, 0.6) is 0 Å². The minimum absolute atomic E-state index is 0.310. The molecule has 0 N–H and O–H groups in total. The average Bonchev–Trinajstić information content (AvgIpc) is 2.58. The van der Waals surface area contributed by atoms with E-state index in [2.05, 4.69) is 9.68 Å². The Bertz CT molecular complexity index is 607. The Morgan fingerprint density at radius 1 is 0.750 bits per heavy atom. The van der Waals surface area contributed by atoms with Gasteiger partial charge in [-0.15, -0.1) is 20.2 Å². The van der Waals surface area contributed by atoms with Gasteiger partial charge in [0, 0.05) is 11.8 Å². The molecule has 0 saturated heterocycles. The summed E-state index contributed by atoms with van der Waals surface area (Å²) in [6.07, 6.45) is 0. The molecule has 0 aliphatic carbocycles. The Morgan fingerprint density at radius 3 is 1.46 bits per heavy atom. The van der Waals surface area contributed by atoms with Crippen molar-refractivity contribution >= 4 is 0 Å². The maximum Gasteiger partial charge on any atom is 0.294 e. The Morgan fingerprint density at radius 2 is 1.12 bits per heavy atom. The summed E-state index contributed by atoms with van der Waals surface area (Å²) >= 11 is 0. The van der Waals surface area contributed by atoms with Crippen molar-refractivity contribution in [2.24, 2.45) is 5.92 Å². The maximum absolute atomic E-state index is 10.5. The van der Waals surface area contributed by atoms with Crippen LogP contribution in [0, 0.1) is 26.1 Å². The highest BCUT2D eigenvalue weighted by molar-refractivity contribution is 5.33. The van der Waals surface area contributed by atoms with E-state index in [4.69, 9.17) is 0 Å². The lowest BCUT2D eigenvalue weighted by Crippen LogP contribution is -2.27. The molecule has 0 aliphatic heterocycles. The molecule has 8 heteroatoms. The molecule has 2 rings (SSSR count). The number of nitrogens with zero attached hydrogens (tertiary/aromatic N) is 2. The third-order valence-corrected chi connectivity index (χ3v) is 3.58. The second-order valence-corrected chi connectivity index (χ2v) is 5.10. The largest absolute Gasteiger partial charge is 0.314 e. The molecule has 8 nitrogen and oxygen atoms in total. The Balaban J connectivity index is 2.35. The third kappa shape index (κ3) is 4.94. The van der Waals surface area contributed by atoms with Gasteiger partial charge in [0.05, 0.1) is 0 Å². The third-order valence-electron chi connectivity index (χ3n) is 3.58. The molecule has 0 spiro atoms. The molecule has 0 heterocycles. The maximum atomic E-state index is 10.5. The highest BCUT2D eigenvalue weighted by Gasteiger charge is 2.27. The Kier molecular flexibility index (Phi) is 6.07. The first kappa shape index (κ1) is 17.2. The molecule has 24 heavy (non-hydrogen) atoms. The van der Waals surface area contributed by atoms with Crippen LogP contribution in [0.3, 0.4) is 0 Å². The van der Waals surface area contributed by atoms with Gasteiger partial charge < -0.3 is 9.68 Å². The van der Waals surface area contributed by atoms with Gasteiger partial charge in [0.25, 0.3) is 10.2 Å². The minimum Gasteiger partial charge on any atom is -0.314 e. The van der Waals surface area contributed by atoms with Gasteiger partial charge in [-0.1, -0.05) is 60.7 Å². The van der Waals surface area contributed by atoms with Crippen LogP contribution < -0.4 is 0 Å². The smallest absolute Gasteiger partial charge is 0.294 e. The number of rotatable bonds is 9. The summed E-state index contributed by atoms with van der Waals surface area (Å²) in [5.41, 5.74) is 1.74. The summed E-state index contributed by atoms with van der Waals surface area (Å²) in [5, 5.41) is 19.3. The van der Waals surface area contributed by atoms with Crippen molar-refractivity contribution in [3.05, 3.63) is 92.0 Å². The lowest BCUT2D eigenvalue weighted by Gasteiger charge is -2.26. The van der Waals surface area contributed by atoms with E-state index in [1.54, 1.807) is 0 Å². The van der Waals surface area contributed by atoms with Crippen LogP contribution in [0.2, 0.25) is 0 Å². The van der Waals surface area contributed by atoms with Gasteiger partial charge in [0.2, 0.25) is 0 Å². The van der Waals surface area contributed by atoms with Gasteiger partial charge in [-0.3, -0.25) is 0 Å². The molecule has 2 aromatic rings. The first-order valence-electron chi connectivity index (χ1n) is 7.22. The highest BCUT2D eigenvalue weighted by Crippen LogP contribution is 2.32. The lowest BCUT2D eigenvalue weighted by molar-refractivity contribution is -0.769. The van der Waals surface area contributed by atoms with Crippen molar-refractivity contribution in [1.29, 1.82) is 0 Å². The molecule has 0 bridgehead atoms. The molecule has 0 radical (unpaired) electrons. The zero-order valence-electron chi connectivity index (χ0n) is 12.7. The first-order valence-corrected chi connectivity index (χ1v) is 7.22. The van der Waals surface area contributed by atoms with Crippen LogP contribution in [-0.2, 0) is 9.68 Å². The van der Waals surface area contributed by atoms with Gasteiger partial charge in [-0.05, 0) is 11.1 Å². The predicted octanol–water partition coefficient (Wildman–Crippen LogP) is 2.85. The Labute approximate surface area is 137 Å². The molecule has 0 aliphatic rings. The summed E-state index contributed by atoms with van der Waals surface area (Å²) in [7, 11) is 0. The van der Waals surface area contributed by atoms with Crippen LogP contribution in [0.4, 0.5) is 0 Å². The molecule has 2 aromatic carbocycles. The predicted molar refractivity (Wildman–Crippen MR) is 84.1 cm³/mol. The van der Waals surface area contributed by atoms with E-state index in [0.717, 1.165) is 11.1 Å². The highest BCUT2D eigenvalue weighted by atomic mass is 17.0. The second-order valence-electron chi connectivity index (χ2n) is 5.10. The monoisotopic (exact) mass is 332 g/mol. The van der Waals surface area contributed by atoms with Gasteiger partial charge >= 0.3 is 0 Å². The van der Waals surface area contributed by atoms with Gasteiger partial charge in [0.15, 0.2) is 0 Å². The van der Waals surface area contributed by atoms with E-state index in [9.17, 15) is 20.2 Å². The van der Waals surface area contributed by atoms with E-state index >= 15 is 0 Å². The van der Waals surface area contributed by atoms with E-state index in [1.165, 1.54) is 0 Å². The van der Waals surface area contributed by atoms with E-state index in [1.807, 2.05) is 60.7 Å². The van der Waals surface area contributed by atoms with E-state index in [-0.39, 0.29) is 19.1 Å². The van der Waals surface area contributed by atoms with Gasteiger partial charge in [0.1, 0.15) is 13.2 Å². The average molecular weight is 332 g/mol. The SMILES string of the molecule is O=[N+]([O-])OCC(CO[N+](=O)[O-])C(c1ccccc1)c1ccccc1. The number of benzene rings is 2. The van der Waals surface area contributed by atoms with Crippen LogP contribution >= 0.6 is 0 Å². The van der Waals surface area contributed by atoms with Crippen molar-refractivity contribution in [2.45, 2.75) is 5.92 Å². The van der Waals surface area contributed by atoms with Crippen molar-refractivity contribution in [2.75, 3.05) is 13.2 Å². The fourth-order valence-corrected chi connectivity index (χ4v) is 2.61. The zero-order valence-corrected chi connectivity index (χ0v) is 12.7. The van der Waals surface area contributed by atoms with Crippen molar-refractivity contribution in [3.63, 3.8) is 0 Å². The Hall–Kier alpha value is -3.16. The summed E-state index contributed by atoms with van der Waals surface area (Å²) in [5.74, 6) is -0.946. The topological polar surface area (TPSA) is 105 Å². The molecule has 0 saturated carbocycles. The fourth-order valence-electron chi connectivity index (χ4n) is 2.61. The van der Waals surface area contributed by atoms with Crippen molar-refractivity contribution in [3.8, 4) is 0 Å². The molecule has 0 unspecified atom stereocenters. The minimum atomic E-state index is -0.911. The summed E-state index contributed by atoms with van der Waals surface area (Å²) in [6.45, 7) is -0.620.